The van der Waals surface area contributed by atoms with Crippen molar-refractivity contribution in [1.82, 2.24) is 9.97 Å². The summed E-state index contributed by atoms with van der Waals surface area (Å²) in [6, 6.07) is 5.88. The summed E-state index contributed by atoms with van der Waals surface area (Å²) < 4.78 is 30.6. The molecular formula is C22H21Cl2FN4O4S. The molecule has 0 spiro atoms. The Kier molecular flexibility index (Phi) is 9.03. The van der Waals surface area contributed by atoms with E-state index in [1.807, 2.05) is 0 Å². The quantitative estimate of drug-likeness (QED) is 0.299. The van der Waals surface area contributed by atoms with E-state index in [9.17, 15) is 9.18 Å². The molecule has 12 heteroatoms. The Morgan fingerprint density at radius 3 is 2.35 bits per heavy atom. The van der Waals surface area contributed by atoms with Crippen molar-refractivity contribution < 1.29 is 23.4 Å². The van der Waals surface area contributed by atoms with E-state index >= 15 is 0 Å². The number of ether oxygens (including phenoxy) is 3. The Labute approximate surface area is 211 Å². The van der Waals surface area contributed by atoms with Gasteiger partial charge in [0, 0.05) is 18.1 Å². The molecule has 34 heavy (non-hydrogen) atoms. The largest absolute Gasteiger partial charge is 0.495 e. The van der Waals surface area contributed by atoms with Crippen molar-refractivity contribution in [2.45, 2.75) is 13.0 Å². The number of hydrogen-bond acceptors (Lipinski definition) is 8. The van der Waals surface area contributed by atoms with Gasteiger partial charge in [0.1, 0.15) is 29.6 Å². The molecule has 1 amide bonds. The highest BCUT2D eigenvalue weighted by molar-refractivity contribution is 7.80. The second-order valence-electron chi connectivity index (χ2n) is 6.73. The molecule has 0 saturated heterocycles. The van der Waals surface area contributed by atoms with Gasteiger partial charge in [0.05, 0.1) is 42.3 Å². The number of benzene rings is 2. The molecule has 0 atom stereocenters. The average Bonchev–Trinajstić information content (AvgIpc) is 2.82. The number of hydrogen-bond donors (Lipinski definition) is 3. The van der Waals surface area contributed by atoms with Gasteiger partial charge in [-0.1, -0.05) is 29.3 Å². The van der Waals surface area contributed by atoms with Crippen molar-refractivity contribution in [3.63, 3.8) is 0 Å². The zero-order chi connectivity index (χ0) is 24.7. The highest BCUT2D eigenvalue weighted by Gasteiger charge is 2.18. The molecule has 0 aliphatic rings. The lowest BCUT2D eigenvalue weighted by Crippen LogP contribution is -2.14. The smallest absolute Gasteiger partial charge is 0.227 e. The van der Waals surface area contributed by atoms with E-state index in [1.54, 1.807) is 12.1 Å². The van der Waals surface area contributed by atoms with Crippen molar-refractivity contribution in [1.29, 1.82) is 0 Å². The van der Waals surface area contributed by atoms with Crippen LogP contribution in [-0.4, -0.2) is 35.8 Å². The van der Waals surface area contributed by atoms with Crippen LogP contribution >= 0.6 is 35.8 Å². The average molecular weight is 527 g/mol. The fourth-order valence-corrected chi connectivity index (χ4v) is 3.67. The molecule has 0 unspecified atom stereocenters. The molecule has 3 rings (SSSR count). The number of methoxy groups -OCH3 is 2. The first-order valence-electron chi connectivity index (χ1n) is 9.87. The molecule has 2 aromatic carbocycles. The minimum absolute atomic E-state index is 0.00397. The highest BCUT2D eigenvalue weighted by Crippen LogP contribution is 2.40. The van der Waals surface area contributed by atoms with E-state index in [2.05, 4.69) is 33.2 Å². The van der Waals surface area contributed by atoms with E-state index in [0.717, 1.165) is 0 Å². The number of thiol groups is 1. The first-order chi connectivity index (χ1) is 16.4. The Morgan fingerprint density at radius 2 is 1.76 bits per heavy atom. The van der Waals surface area contributed by atoms with Gasteiger partial charge in [-0.05, 0) is 17.9 Å². The number of rotatable bonds is 10. The van der Waals surface area contributed by atoms with Crippen LogP contribution in [0, 0.1) is 5.82 Å². The monoisotopic (exact) mass is 526 g/mol. The van der Waals surface area contributed by atoms with Crippen LogP contribution in [0.25, 0.3) is 0 Å². The minimum Gasteiger partial charge on any atom is -0.495 e. The Bertz CT molecular complexity index is 1140. The summed E-state index contributed by atoms with van der Waals surface area (Å²) in [6.45, 7) is -0.00397. The van der Waals surface area contributed by atoms with E-state index in [-0.39, 0.29) is 36.3 Å². The molecule has 180 valence electrons. The van der Waals surface area contributed by atoms with Crippen LogP contribution in [0.3, 0.4) is 0 Å². The number of amides is 1. The van der Waals surface area contributed by atoms with Crippen LogP contribution in [0.5, 0.6) is 17.2 Å². The third-order valence-corrected chi connectivity index (χ3v) is 5.59. The zero-order valence-electron chi connectivity index (χ0n) is 18.2. The Balaban J connectivity index is 1.74. The number of carbonyl (C=O) groups excluding carboxylic acids is 1. The van der Waals surface area contributed by atoms with Crippen molar-refractivity contribution in [2.75, 3.05) is 30.6 Å². The molecule has 0 fully saturated rings. The van der Waals surface area contributed by atoms with Gasteiger partial charge in [-0.25, -0.2) is 14.4 Å². The van der Waals surface area contributed by atoms with Crippen molar-refractivity contribution >= 4 is 59.1 Å². The van der Waals surface area contributed by atoms with Crippen LogP contribution < -0.4 is 24.8 Å². The number of anilines is 3. The van der Waals surface area contributed by atoms with Gasteiger partial charge >= 0.3 is 0 Å². The summed E-state index contributed by atoms with van der Waals surface area (Å²) in [4.78, 5) is 20.2. The predicted octanol–water partition coefficient (Wildman–Crippen LogP) is 5.52. The van der Waals surface area contributed by atoms with Gasteiger partial charge in [0.2, 0.25) is 11.9 Å². The zero-order valence-corrected chi connectivity index (χ0v) is 20.6. The number of nitrogens with zero attached hydrogens (tertiary/aromatic N) is 2. The molecule has 2 N–H and O–H groups in total. The van der Waals surface area contributed by atoms with E-state index in [0.29, 0.717) is 38.6 Å². The molecule has 0 bridgehead atoms. The summed E-state index contributed by atoms with van der Waals surface area (Å²) in [6.07, 6.45) is 2.98. The fraction of sp³-hybridized carbons (Fsp3) is 0.227. The number of carbonyl (C=O) groups is 1. The van der Waals surface area contributed by atoms with Gasteiger partial charge < -0.3 is 24.8 Å². The molecule has 0 saturated carbocycles. The lowest BCUT2D eigenvalue weighted by atomic mass is 10.2. The van der Waals surface area contributed by atoms with Crippen molar-refractivity contribution in [2.24, 2.45) is 0 Å². The van der Waals surface area contributed by atoms with E-state index < -0.39 is 5.82 Å². The van der Waals surface area contributed by atoms with Crippen LogP contribution in [0.15, 0.2) is 36.7 Å². The molecule has 0 aliphatic heterocycles. The second-order valence-corrected chi connectivity index (χ2v) is 7.93. The van der Waals surface area contributed by atoms with Gasteiger partial charge in [0.15, 0.2) is 5.75 Å². The molecule has 1 heterocycles. The first kappa shape index (κ1) is 25.7. The molecule has 1 aromatic heterocycles. The maximum atomic E-state index is 14.4. The van der Waals surface area contributed by atoms with Gasteiger partial charge in [0.25, 0.3) is 0 Å². The maximum absolute atomic E-state index is 14.4. The SMILES string of the molecule is COc1cc(OC)c(Cl)c(COc2cnc(Nc3c(F)cccc3NC(=O)CCS)nc2)c1Cl. The second kappa shape index (κ2) is 12.0. The maximum Gasteiger partial charge on any atom is 0.227 e. The van der Waals surface area contributed by atoms with Gasteiger partial charge in [-0.3, -0.25) is 4.79 Å². The van der Waals surface area contributed by atoms with Crippen LogP contribution in [0.1, 0.15) is 12.0 Å². The first-order valence-corrected chi connectivity index (χ1v) is 11.3. The normalized spacial score (nSPS) is 10.5. The third-order valence-electron chi connectivity index (χ3n) is 4.54. The topological polar surface area (TPSA) is 94.6 Å². The predicted molar refractivity (Wildman–Crippen MR) is 133 cm³/mol. The van der Waals surface area contributed by atoms with Gasteiger partial charge in [-0.2, -0.15) is 12.6 Å². The third kappa shape index (κ3) is 6.13. The number of aromatic nitrogens is 2. The van der Waals surface area contributed by atoms with Crippen molar-refractivity contribution in [3.8, 4) is 17.2 Å². The highest BCUT2D eigenvalue weighted by atomic mass is 35.5. The van der Waals surface area contributed by atoms with E-state index in [1.165, 1.54) is 38.7 Å². The standard InChI is InChI=1S/C22H21Cl2FN4O4S/c1-31-16-8-17(32-2)20(24)13(19(16)23)11-33-12-9-26-22(27-10-12)29-21-14(25)4-3-5-15(21)28-18(30)6-7-34/h3-5,8-10,34H,6-7,11H2,1-2H3,(H,28,30)(H,26,27,29). The number of halogens is 3. The Morgan fingerprint density at radius 1 is 1.12 bits per heavy atom. The van der Waals surface area contributed by atoms with E-state index in [4.69, 9.17) is 37.4 Å². The van der Waals surface area contributed by atoms with Gasteiger partial charge in [-0.15, -0.1) is 0 Å². The van der Waals surface area contributed by atoms with Crippen LogP contribution in [0.4, 0.5) is 21.7 Å². The minimum atomic E-state index is -0.580. The number of para-hydroxylation sites is 1. The fourth-order valence-electron chi connectivity index (χ4n) is 2.86. The summed E-state index contributed by atoms with van der Waals surface area (Å²) in [5.41, 5.74) is 0.757. The molecule has 0 aliphatic carbocycles. The summed E-state index contributed by atoms with van der Waals surface area (Å²) in [5.74, 6) is 0.687. The summed E-state index contributed by atoms with van der Waals surface area (Å²) in [7, 11) is 2.96. The lowest BCUT2D eigenvalue weighted by Gasteiger charge is -2.15. The molecule has 3 aromatic rings. The number of nitrogens with one attached hydrogen (secondary N) is 2. The molecule has 8 nitrogen and oxygen atoms in total. The molecule has 0 radical (unpaired) electrons. The van der Waals surface area contributed by atoms with Crippen LogP contribution in [0.2, 0.25) is 10.0 Å². The summed E-state index contributed by atoms with van der Waals surface area (Å²) >= 11 is 16.7. The van der Waals surface area contributed by atoms with Crippen molar-refractivity contribution in [3.05, 3.63) is 58.1 Å². The lowest BCUT2D eigenvalue weighted by molar-refractivity contribution is -0.115. The molecular weight excluding hydrogens is 506 g/mol. The van der Waals surface area contributed by atoms with Crippen LogP contribution in [-0.2, 0) is 11.4 Å². The Hall–Kier alpha value is -2.95. The summed E-state index contributed by atoms with van der Waals surface area (Å²) in [5, 5.41) is 5.99.